The van der Waals surface area contributed by atoms with E-state index in [0.29, 0.717) is 19.0 Å². The van der Waals surface area contributed by atoms with Crippen molar-refractivity contribution in [2.75, 3.05) is 11.9 Å². The molecule has 0 aliphatic rings. The Morgan fingerprint density at radius 2 is 2.11 bits per heavy atom. The Labute approximate surface area is 107 Å². The number of hydrogen-bond acceptors (Lipinski definition) is 3. The van der Waals surface area contributed by atoms with E-state index in [-0.39, 0.29) is 5.69 Å². The predicted molar refractivity (Wildman–Crippen MR) is 64.7 cm³/mol. The van der Waals surface area contributed by atoms with Gasteiger partial charge >= 0.3 is 6.18 Å². The maximum atomic E-state index is 12.5. The molecule has 0 heterocycles. The predicted octanol–water partition coefficient (Wildman–Crippen LogP) is 3.44. The summed E-state index contributed by atoms with van der Waals surface area (Å²) in [7, 11) is 0. The molecule has 0 bridgehead atoms. The lowest BCUT2D eigenvalue weighted by Gasteiger charge is -2.09. The molecule has 19 heavy (non-hydrogen) atoms. The molecule has 1 aromatic rings. The van der Waals surface area contributed by atoms with Crippen molar-refractivity contribution in [3.63, 3.8) is 0 Å². The van der Waals surface area contributed by atoms with Crippen molar-refractivity contribution in [1.82, 2.24) is 0 Å². The molecule has 4 nitrogen and oxygen atoms in total. The van der Waals surface area contributed by atoms with Crippen molar-refractivity contribution in [2.45, 2.75) is 19.5 Å². The molecule has 0 unspecified atom stereocenters. The maximum Gasteiger partial charge on any atom is 0.416 e. The molecule has 7 heteroatoms. The number of nitrogens with zero attached hydrogens (tertiary/aromatic N) is 1. The topological polar surface area (TPSA) is 55.2 Å². The SMILES string of the molecule is CC#CCCNc1ccc(C(F)(F)F)cc1[N+](=O)[O-]. The number of alkyl halides is 3. The second-order valence-electron chi connectivity index (χ2n) is 3.59. The first-order valence-corrected chi connectivity index (χ1v) is 5.35. The number of halogens is 3. The van der Waals surface area contributed by atoms with Crippen LogP contribution in [-0.4, -0.2) is 11.5 Å². The first-order chi connectivity index (χ1) is 8.86. The van der Waals surface area contributed by atoms with Crippen LogP contribution in [0.5, 0.6) is 0 Å². The van der Waals surface area contributed by atoms with Gasteiger partial charge in [-0.05, 0) is 19.1 Å². The monoisotopic (exact) mass is 272 g/mol. The van der Waals surface area contributed by atoms with E-state index >= 15 is 0 Å². The van der Waals surface area contributed by atoms with E-state index < -0.39 is 22.4 Å². The highest BCUT2D eigenvalue weighted by Gasteiger charge is 2.32. The van der Waals surface area contributed by atoms with Crippen LogP contribution in [-0.2, 0) is 6.18 Å². The van der Waals surface area contributed by atoms with Crippen LogP contribution in [0.3, 0.4) is 0 Å². The molecule has 0 aromatic heterocycles. The first kappa shape index (κ1) is 14.8. The van der Waals surface area contributed by atoms with Gasteiger partial charge in [0.15, 0.2) is 0 Å². The third kappa shape index (κ3) is 4.17. The van der Waals surface area contributed by atoms with Crippen molar-refractivity contribution < 1.29 is 18.1 Å². The van der Waals surface area contributed by atoms with E-state index in [1.807, 2.05) is 0 Å². The van der Waals surface area contributed by atoms with Crippen LogP contribution in [0, 0.1) is 22.0 Å². The standard InChI is InChI=1S/C12H11F3N2O2/c1-2-3-4-7-16-10-6-5-9(12(13,14)15)8-11(10)17(18)19/h5-6,8,16H,4,7H2,1H3. The molecule has 0 saturated carbocycles. The Morgan fingerprint density at radius 3 is 2.63 bits per heavy atom. The van der Waals surface area contributed by atoms with E-state index in [1.54, 1.807) is 6.92 Å². The van der Waals surface area contributed by atoms with Crippen molar-refractivity contribution in [3.05, 3.63) is 33.9 Å². The highest BCUT2D eigenvalue weighted by Crippen LogP contribution is 2.34. The summed E-state index contributed by atoms with van der Waals surface area (Å²) in [4.78, 5) is 9.92. The summed E-state index contributed by atoms with van der Waals surface area (Å²) >= 11 is 0. The van der Waals surface area contributed by atoms with Crippen LogP contribution in [0.4, 0.5) is 24.5 Å². The van der Waals surface area contributed by atoms with Gasteiger partial charge in [-0.25, -0.2) is 0 Å². The molecule has 1 rings (SSSR count). The van der Waals surface area contributed by atoms with Gasteiger partial charge in [0.25, 0.3) is 5.69 Å². The summed E-state index contributed by atoms with van der Waals surface area (Å²) in [5.74, 6) is 5.39. The van der Waals surface area contributed by atoms with E-state index in [0.717, 1.165) is 12.1 Å². The van der Waals surface area contributed by atoms with Crippen molar-refractivity contribution in [1.29, 1.82) is 0 Å². The smallest absolute Gasteiger partial charge is 0.379 e. The summed E-state index contributed by atoms with van der Waals surface area (Å²) in [5.41, 5.74) is -1.59. The molecular formula is C12H11F3N2O2. The van der Waals surface area contributed by atoms with E-state index in [4.69, 9.17) is 0 Å². The third-order valence-corrected chi connectivity index (χ3v) is 2.26. The van der Waals surface area contributed by atoms with Crippen LogP contribution in [0.2, 0.25) is 0 Å². The fourth-order valence-corrected chi connectivity index (χ4v) is 1.39. The van der Waals surface area contributed by atoms with Crippen LogP contribution in [0.1, 0.15) is 18.9 Å². The third-order valence-electron chi connectivity index (χ3n) is 2.26. The summed E-state index contributed by atoms with van der Waals surface area (Å²) in [6.45, 7) is 1.98. The van der Waals surface area contributed by atoms with Gasteiger partial charge < -0.3 is 5.32 Å². The Hall–Kier alpha value is -2.23. The van der Waals surface area contributed by atoms with Gasteiger partial charge in [-0.2, -0.15) is 13.2 Å². The van der Waals surface area contributed by atoms with Crippen molar-refractivity contribution in [2.24, 2.45) is 0 Å². The molecule has 1 N–H and O–H groups in total. The van der Waals surface area contributed by atoms with Gasteiger partial charge in [0, 0.05) is 19.0 Å². The average molecular weight is 272 g/mol. The van der Waals surface area contributed by atoms with Crippen molar-refractivity contribution >= 4 is 11.4 Å². The minimum atomic E-state index is -4.60. The summed E-state index contributed by atoms with van der Waals surface area (Å²) < 4.78 is 37.4. The van der Waals surface area contributed by atoms with Gasteiger partial charge in [0.1, 0.15) is 5.69 Å². The van der Waals surface area contributed by atoms with Gasteiger partial charge in [-0.15, -0.1) is 11.8 Å². The maximum absolute atomic E-state index is 12.5. The second kappa shape index (κ2) is 6.09. The normalized spacial score (nSPS) is 10.5. The quantitative estimate of drug-likeness (QED) is 0.395. The van der Waals surface area contributed by atoms with Gasteiger partial charge in [-0.1, -0.05) is 0 Å². The second-order valence-corrected chi connectivity index (χ2v) is 3.59. The lowest BCUT2D eigenvalue weighted by Crippen LogP contribution is -2.08. The Morgan fingerprint density at radius 1 is 1.42 bits per heavy atom. The molecule has 0 saturated heterocycles. The number of hydrogen-bond donors (Lipinski definition) is 1. The highest BCUT2D eigenvalue weighted by atomic mass is 19.4. The largest absolute Gasteiger partial charge is 0.416 e. The zero-order valence-corrected chi connectivity index (χ0v) is 10.0. The lowest BCUT2D eigenvalue weighted by molar-refractivity contribution is -0.384. The highest BCUT2D eigenvalue weighted by molar-refractivity contribution is 5.63. The van der Waals surface area contributed by atoms with Gasteiger partial charge in [0.2, 0.25) is 0 Å². The number of rotatable bonds is 4. The Bertz CT molecular complexity index is 530. The lowest BCUT2D eigenvalue weighted by atomic mass is 10.1. The molecule has 0 aliphatic carbocycles. The zero-order valence-electron chi connectivity index (χ0n) is 10.0. The van der Waals surface area contributed by atoms with E-state index in [9.17, 15) is 23.3 Å². The van der Waals surface area contributed by atoms with Crippen molar-refractivity contribution in [3.8, 4) is 11.8 Å². The summed E-state index contributed by atoms with van der Waals surface area (Å²) in [5, 5.41) is 13.5. The summed E-state index contributed by atoms with van der Waals surface area (Å²) in [6.07, 6.45) is -4.15. The molecular weight excluding hydrogens is 261 g/mol. The molecule has 102 valence electrons. The molecule has 0 radical (unpaired) electrons. The van der Waals surface area contributed by atoms with Crippen LogP contribution in [0.15, 0.2) is 18.2 Å². The van der Waals surface area contributed by atoms with Crippen LogP contribution in [0.25, 0.3) is 0 Å². The van der Waals surface area contributed by atoms with Crippen LogP contribution >= 0.6 is 0 Å². The molecule has 0 spiro atoms. The van der Waals surface area contributed by atoms with E-state index in [1.165, 1.54) is 0 Å². The number of benzene rings is 1. The number of nitro groups is 1. The molecule has 0 amide bonds. The fourth-order valence-electron chi connectivity index (χ4n) is 1.39. The fraction of sp³-hybridized carbons (Fsp3) is 0.333. The van der Waals surface area contributed by atoms with Gasteiger partial charge in [-0.3, -0.25) is 10.1 Å². The minimum absolute atomic E-state index is 0.0518. The van der Waals surface area contributed by atoms with E-state index in [2.05, 4.69) is 17.2 Å². The minimum Gasteiger partial charge on any atom is -0.379 e. The molecule has 1 aromatic carbocycles. The Balaban J connectivity index is 2.98. The molecule has 0 atom stereocenters. The molecule has 0 aliphatic heterocycles. The molecule has 0 fully saturated rings. The average Bonchev–Trinajstić information content (AvgIpc) is 2.33. The first-order valence-electron chi connectivity index (χ1n) is 5.35. The zero-order chi connectivity index (χ0) is 14.5. The number of anilines is 1. The Kier molecular flexibility index (Phi) is 4.75. The number of nitrogens with one attached hydrogen (secondary N) is 1. The summed E-state index contributed by atoms with van der Waals surface area (Å²) in [6, 6.07) is 2.38. The van der Waals surface area contributed by atoms with Gasteiger partial charge in [0.05, 0.1) is 10.5 Å². The number of nitro benzene ring substituents is 1. The van der Waals surface area contributed by atoms with Crippen LogP contribution < -0.4 is 5.32 Å².